The lowest BCUT2D eigenvalue weighted by Gasteiger charge is -2.29. The van der Waals surface area contributed by atoms with E-state index in [0.29, 0.717) is 6.04 Å². The van der Waals surface area contributed by atoms with E-state index in [0.717, 1.165) is 18.5 Å². The summed E-state index contributed by atoms with van der Waals surface area (Å²) in [7, 11) is 4.36. The maximum absolute atomic E-state index is 3.54. The first-order valence-electron chi connectivity index (χ1n) is 7.11. The fourth-order valence-electron chi connectivity index (χ4n) is 2.67. The van der Waals surface area contributed by atoms with Gasteiger partial charge in [0.15, 0.2) is 0 Å². The molecular weight excluding hydrogens is 210 g/mol. The molecule has 0 aromatic heterocycles. The molecule has 0 spiro atoms. The van der Waals surface area contributed by atoms with Crippen LogP contribution in [-0.4, -0.2) is 62.2 Å². The summed E-state index contributed by atoms with van der Waals surface area (Å²) in [5.74, 6) is 0.750. The second-order valence-corrected chi connectivity index (χ2v) is 6.22. The second kappa shape index (κ2) is 7.34. The topological polar surface area (TPSA) is 18.5 Å². The van der Waals surface area contributed by atoms with Gasteiger partial charge in [-0.15, -0.1) is 0 Å². The van der Waals surface area contributed by atoms with E-state index in [1.165, 1.54) is 32.5 Å². The average molecular weight is 241 g/mol. The second-order valence-electron chi connectivity index (χ2n) is 6.22. The van der Waals surface area contributed by atoms with Crippen molar-refractivity contribution in [3.8, 4) is 0 Å². The molecule has 1 aliphatic rings. The molecule has 1 saturated heterocycles. The maximum atomic E-state index is 3.54. The Kier molecular flexibility index (Phi) is 6.45. The first-order chi connectivity index (χ1) is 7.99. The first-order valence-corrected chi connectivity index (χ1v) is 7.11. The molecule has 1 fully saturated rings. The predicted octanol–water partition coefficient (Wildman–Crippen LogP) is 1.65. The van der Waals surface area contributed by atoms with E-state index in [4.69, 9.17) is 0 Å². The van der Waals surface area contributed by atoms with E-state index in [1.54, 1.807) is 0 Å². The van der Waals surface area contributed by atoms with Crippen molar-refractivity contribution in [3.63, 3.8) is 0 Å². The van der Waals surface area contributed by atoms with Gasteiger partial charge in [0.05, 0.1) is 0 Å². The Morgan fingerprint density at radius 3 is 2.59 bits per heavy atom. The molecular formula is C14H31N3. The van der Waals surface area contributed by atoms with Crippen LogP contribution >= 0.6 is 0 Å². The van der Waals surface area contributed by atoms with Crippen LogP contribution in [0.25, 0.3) is 0 Å². The largest absolute Gasteiger partial charge is 0.314 e. The van der Waals surface area contributed by atoms with Gasteiger partial charge in [-0.3, -0.25) is 4.90 Å². The molecule has 1 N–H and O–H groups in total. The van der Waals surface area contributed by atoms with Gasteiger partial charge in [0, 0.05) is 25.2 Å². The van der Waals surface area contributed by atoms with Gasteiger partial charge < -0.3 is 10.2 Å². The Labute approximate surface area is 108 Å². The summed E-state index contributed by atoms with van der Waals surface area (Å²) < 4.78 is 0. The molecule has 17 heavy (non-hydrogen) atoms. The number of nitrogens with zero attached hydrogens (tertiary/aromatic N) is 2. The highest BCUT2D eigenvalue weighted by Gasteiger charge is 2.25. The standard InChI is InChI=1S/C14H31N3/c1-12(2)15-9-13(3)10-17-8-6-7-14(17)11-16(4)5/h12-15H,6-11H2,1-5H3. The monoisotopic (exact) mass is 241 g/mol. The molecule has 0 aliphatic carbocycles. The third-order valence-electron chi connectivity index (χ3n) is 3.50. The Bertz CT molecular complexity index is 204. The van der Waals surface area contributed by atoms with Crippen LogP contribution in [0.2, 0.25) is 0 Å². The first kappa shape index (κ1) is 14.9. The van der Waals surface area contributed by atoms with Gasteiger partial charge in [0.25, 0.3) is 0 Å². The molecule has 1 aliphatic heterocycles. The molecule has 1 rings (SSSR count). The Balaban J connectivity index is 2.28. The molecule has 0 saturated carbocycles. The molecule has 102 valence electrons. The highest BCUT2D eigenvalue weighted by atomic mass is 15.2. The zero-order valence-corrected chi connectivity index (χ0v) is 12.4. The van der Waals surface area contributed by atoms with E-state index in [9.17, 15) is 0 Å². The van der Waals surface area contributed by atoms with E-state index in [2.05, 4.69) is 50.0 Å². The van der Waals surface area contributed by atoms with Crippen LogP contribution in [-0.2, 0) is 0 Å². The van der Waals surface area contributed by atoms with Gasteiger partial charge in [0.2, 0.25) is 0 Å². The lowest BCUT2D eigenvalue weighted by atomic mass is 10.1. The van der Waals surface area contributed by atoms with Crippen molar-refractivity contribution in [2.75, 3.05) is 40.3 Å². The predicted molar refractivity (Wildman–Crippen MR) is 75.5 cm³/mol. The zero-order chi connectivity index (χ0) is 12.8. The van der Waals surface area contributed by atoms with Gasteiger partial charge in [-0.2, -0.15) is 0 Å². The normalized spacial score (nSPS) is 23.8. The van der Waals surface area contributed by atoms with Crippen molar-refractivity contribution in [1.82, 2.24) is 15.1 Å². The van der Waals surface area contributed by atoms with Gasteiger partial charge in [0.1, 0.15) is 0 Å². The van der Waals surface area contributed by atoms with Crippen LogP contribution in [0.5, 0.6) is 0 Å². The molecule has 0 aromatic rings. The minimum atomic E-state index is 0.605. The summed E-state index contributed by atoms with van der Waals surface area (Å²) in [6, 6.07) is 1.39. The van der Waals surface area contributed by atoms with Crippen LogP contribution in [0, 0.1) is 5.92 Å². The van der Waals surface area contributed by atoms with Gasteiger partial charge in [-0.25, -0.2) is 0 Å². The number of rotatable bonds is 7. The van der Waals surface area contributed by atoms with Gasteiger partial charge >= 0.3 is 0 Å². The molecule has 3 heteroatoms. The van der Waals surface area contributed by atoms with Gasteiger partial charge in [-0.05, 0) is 45.9 Å². The number of nitrogens with one attached hydrogen (secondary N) is 1. The van der Waals surface area contributed by atoms with Crippen LogP contribution in [0.4, 0.5) is 0 Å². The van der Waals surface area contributed by atoms with E-state index >= 15 is 0 Å². The Hall–Kier alpha value is -0.120. The SMILES string of the molecule is CC(CNC(C)C)CN1CCCC1CN(C)C. The summed E-state index contributed by atoms with van der Waals surface area (Å²) in [5.41, 5.74) is 0. The summed E-state index contributed by atoms with van der Waals surface area (Å²) in [6.07, 6.45) is 2.76. The third-order valence-corrected chi connectivity index (χ3v) is 3.50. The third kappa shape index (κ3) is 5.84. The number of likely N-dealkylation sites (N-methyl/N-ethyl adjacent to an activating group) is 1. The molecule has 0 bridgehead atoms. The minimum Gasteiger partial charge on any atom is -0.314 e. The maximum Gasteiger partial charge on any atom is 0.0223 e. The van der Waals surface area contributed by atoms with Crippen molar-refractivity contribution in [2.45, 2.75) is 45.7 Å². The van der Waals surface area contributed by atoms with E-state index in [1.807, 2.05) is 0 Å². The number of hydrogen-bond acceptors (Lipinski definition) is 3. The zero-order valence-electron chi connectivity index (χ0n) is 12.4. The lowest BCUT2D eigenvalue weighted by molar-refractivity contribution is 0.183. The molecule has 1 heterocycles. The van der Waals surface area contributed by atoms with Crippen molar-refractivity contribution in [1.29, 1.82) is 0 Å². The molecule has 2 atom stereocenters. The fourth-order valence-corrected chi connectivity index (χ4v) is 2.67. The van der Waals surface area contributed by atoms with Crippen LogP contribution in [0.3, 0.4) is 0 Å². The number of hydrogen-bond donors (Lipinski definition) is 1. The highest BCUT2D eigenvalue weighted by molar-refractivity contribution is 4.82. The summed E-state index contributed by atoms with van der Waals surface area (Å²) in [6.45, 7) is 11.7. The summed E-state index contributed by atoms with van der Waals surface area (Å²) >= 11 is 0. The quantitative estimate of drug-likeness (QED) is 0.731. The van der Waals surface area contributed by atoms with Crippen LogP contribution in [0.1, 0.15) is 33.6 Å². The Morgan fingerprint density at radius 2 is 2.00 bits per heavy atom. The summed E-state index contributed by atoms with van der Waals surface area (Å²) in [5, 5.41) is 3.54. The lowest BCUT2D eigenvalue weighted by Crippen LogP contribution is -2.41. The molecule has 3 nitrogen and oxygen atoms in total. The van der Waals surface area contributed by atoms with Gasteiger partial charge in [-0.1, -0.05) is 20.8 Å². The Morgan fingerprint density at radius 1 is 1.29 bits per heavy atom. The molecule has 0 radical (unpaired) electrons. The fraction of sp³-hybridized carbons (Fsp3) is 1.00. The summed E-state index contributed by atoms with van der Waals surface area (Å²) in [4.78, 5) is 5.01. The molecule has 0 aromatic carbocycles. The van der Waals surface area contributed by atoms with Crippen molar-refractivity contribution in [2.24, 2.45) is 5.92 Å². The molecule has 0 amide bonds. The van der Waals surface area contributed by atoms with Crippen molar-refractivity contribution >= 4 is 0 Å². The van der Waals surface area contributed by atoms with Crippen LogP contribution in [0.15, 0.2) is 0 Å². The smallest absolute Gasteiger partial charge is 0.0223 e. The van der Waals surface area contributed by atoms with Crippen LogP contribution < -0.4 is 5.32 Å². The highest BCUT2D eigenvalue weighted by Crippen LogP contribution is 2.19. The minimum absolute atomic E-state index is 0.605. The van der Waals surface area contributed by atoms with Crippen molar-refractivity contribution < 1.29 is 0 Å². The number of likely N-dealkylation sites (tertiary alicyclic amines) is 1. The average Bonchev–Trinajstić information content (AvgIpc) is 2.62. The van der Waals surface area contributed by atoms with Crippen molar-refractivity contribution in [3.05, 3.63) is 0 Å². The van der Waals surface area contributed by atoms with E-state index in [-0.39, 0.29) is 0 Å². The molecule has 2 unspecified atom stereocenters. The van der Waals surface area contributed by atoms with E-state index < -0.39 is 0 Å².